The lowest BCUT2D eigenvalue weighted by Crippen LogP contribution is -2.29. The van der Waals surface area contributed by atoms with E-state index in [-0.39, 0.29) is 12.0 Å². The fraction of sp³-hybridized carbons (Fsp3) is 0.500. The van der Waals surface area contributed by atoms with Crippen molar-refractivity contribution < 1.29 is 13.9 Å². The quantitative estimate of drug-likeness (QED) is 0.453. The Labute approximate surface area is 204 Å². The van der Waals surface area contributed by atoms with Gasteiger partial charge in [-0.1, -0.05) is 31.9 Å². The fourth-order valence-corrected chi connectivity index (χ4v) is 5.58. The molecule has 2 aromatic heterocycles. The summed E-state index contributed by atoms with van der Waals surface area (Å²) in [7, 11) is 0. The van der Waals surface area contributed by atoms with Crippen LogP contribution in [0.15, 0.2) is 18.2 Å². The molecule has 3 atom stereocenters. The number of carbonyl (C=O) groups excluding carboxylic acids is 1. The van der Waals surface area contributed by atoms with Crippen LogP contribution in [0.1, 0.15) is 72.5 Å². The van der Waals surface area contributed by atoms with Gasteiger partial charge in [0.2, 0.25) is 0 Å². The molecule has 1 fully saturated rings. The summed E-state index contributed by atoms with van der Waals surface area (Å²) in [5, 5.41) is 5.26. The maximum Gasteiger partial charge on any atom is 0.258 e. The molecule has 2 aliphatic rings. The van der Waals surface area contributed by atoms with Crippen LogP contribution in [0, 0.1) is 31.5 Å². The van der Waals surface area contributed by atoms with E-state index >= 15 is 0 Å². The lowest BCUT2D eigenvalue weighted by molar-refractivity contribution is 0.0734. The van der Waals surface area contributed by atoms with Crippen LogP contribution in [0.4, 0.5) is 4.39 Å². The Morgan fingerprint density at radius 3 is 2.79 bits per heavy atom. The number of rotatable bonds is 5. The number of halogens is 2. The third-order valence-corrected chi connectivity index (χ3v) is 7.91. The molecule has 1 amide bonds. The van der Waals surface area contributed by atoms with Gasteiger partial charge >= 0.3 is 0 Å². The smallest absolute Gasteiger partial charge is 0.258 e. The molecule has 3 unspecified atom stereocenters. The van der Waals surface area contributed by atoms with Gasteiger partial charge in [-0.3, -0.25) is 4.79 Å². The van der Waals surface area contributed by atoms with Crippen LogP contribution >= 0.6 is 11.6 Å². The van der Waals surface area contributed by atoms with Crippen LogP contribution in [0.25, 0.3) is 5.65 Å². The van der Waals surface area contributed by atoms with Gasteiger partial charge in [-0.15, -0.1) is 0 Å². The minimum atomic E-state index is -0.407. The molecule has 0 saturated heterocycles. The summed E-state index contributed by atoms with van der Waals surface area (Å²) in [6, 6.07) is 4.20. The summed E-state index contributed by atoms with van der Waals surface area (Å²) in [6.07, 6.45) is 4.19. The molecule has 0 spiro atoms. The van der Waals surface area contributed by atoms with Gasteiger partial charge in [0.15, 0.2) is 5.65 Å². The molecule has 6 nitrogen and oxygen atoms in total. The molecule has 1 aliphatic carbocycles. The average Bonchev–Trinajstić information content (AvgIpc) is 3.51. The van der Waals surface area contributed by atoms with Gasteiger partial charge in [-0.2, -0.15) is 5.10 Å². The highest BCUT2D eigenvalue weighted by molar-refractivity contribution is 6.31. The first-order valence-corrected chi connectivity index (χ1v) is 12.4. The number of amides is 1. The van der Waals surface area contributed by atoms with E-state index in [0.29, 0.717) is 41.3 Å². The van der Waals surface area contributed by atoms with Gasteiger partial charge in [0, 0.05) is 11.6 Å². The molecular weight excluding hydrogens is 455 g/mol. The molecule has 1 saturated carbocycles. The summed E-state index contributed by atoms with van der Waals surface area (Å²) in [5.74, 6) is 0.834. The van der Waals surface area contributed by atoms with Crippen LogP contribution in [0.3, 0.4) is 0 Å². The van der Waals surface area contributed by atoms with E-state index < -0.39 is 5.82 Å². The number of hydrogen-bond donors (Lipinski definition) is 0. The second kappa shape index (κ2) is 8.84. The number of carbonyl (C=O) groups is 1. The van der Waals surface area contributed by atoms with E-state index in [1.54, 1.807) is 9.42 Å². The predicted octanol–water partition coefficient (Wildman–Crippen LogP) is 5.89. The molecule has 3 aromatic rings. The normalized spacial score (nSPS) is 20.7. The van der Waals surface area contributed by atoms with Gasteiger partial charge in [0.05, 0.1) is 40.8 Å². The Morgan fingerprint density at radius 1 is 1.29 bits per heavy atom. The standard InChI is InChI=1S/C26H30ClFN4O2/c1-5-22(17-7-6-14(2)10-17)34-23-11-18(28)8-9-19(23)26(33)31-12-20-21(13-31)30-32-16(4)24(27)15(3)29-25(20)32/h8-9,11,14,17,22H,5-7,10,12-13H2,1-4H3. The summed E-state index contributed by atoms with van der Waals surface area (Å²) in [5.41, 5.74) is 4.41. The van der Waals surface area contributed by atoms with Gasteiger partial charge in [0.25, 0.3) is 5.91 Å². The van der Waals surface area contributed by atoms with Crippen molar-refractivity contribution in [1.82, 2.24) is 19.5 Å². The Balaban J connectivity index is 1.41. The van der Waals surface area contributed by atoms with Crippen LogP contribution in [0.2, 0.25) is 5.02 Å². The second-order valence-corrected chi connectivity index (χ2v) is 10.2. The first-order chi connectivity index (χ1) is 16.3. The highest BCUT2D eigenvalue weighted by Crippen LogP contribution is 2.37. The highest BCUT2D eigenvalue weighted by atomic mass is 35.5. The Morgan fingerprint density at radius 2 is 2.09 bits per heavy atom. The molecule has 8 heteroatoms. The Bertz CT molecular complexity index is 1270. The third kappa shape index (κ3) is 3.94. The van der Waals surface area contributed by atoms with E-state index in [9.17, 15) is 9.18 Å². The first kappa shape index (κ1) is 23.1. The Kier molecular flexibility index (Phi) is 6.00. The van der Waals surface area contributed by atoms with Crippen LogP contribution < -0.4 is 4.74 Å². The van der Waals surface area contributed by atoms with Crippen molar-refractivity contribution in [2.45, 2.75) is 72.6 Å². The number of aromatic nitrogens is 3. The zero-order chi connectivity index (χ0) is 24.1. The summed E-state index contributed by atoms with van der Waals surface area (Å²) >= 11 is 6.34. The summed E-state index contributed by atoms with van der Waals surface area (Å²) < 4.78 is 22.3. The van der Waals surface area contributed by atoms with E-state index in [1.165, 1.54) is 24.6 Å². The van der Waals surface area contributed by atoms with Gasteiger partial charge in [0.1, 0.15) is 17.7 Å². The minimum absolute atomic E-state index is 0.0295. The number of aryl methyl sites for hydroxylation is 2. The summed E-state index contributed by atoms with van der Waals surface area (Å²) in [4.78, 5) is 19.9. The van der Waals surface area contributed by atoms with Crippen LogP contribution in [0.5, 0.6) is 5.75 Å². The third-order valence-electron chi connectivity index (χ3n) is 7.36. The monoisotopic (exact) mass is 484 g/mol. The molecule has 34 heavy (non-hydrogen) atoms. The lowest BCUT2D eigenvalue weighted by atomic mass is 9.97. The molecule has 0 radical (unpaired) electrons. The van der Waals surface area contributed by atoms with E-state index in [1.807, 2.05) is 13.8 Å². The summed E-state index contributed by atoms with van der Waals surface area (Å²) in [6.45, 7) is 8.87. The minimum Gasteiger partial charge on any atom is -0.489 e. The molecule has 5 rings (SSSR count). The van der Waals surface area contributed by atoms with Crippen molar-refractivity contribution in [2.24, 2.45) is 11.8 Å². The highest BCUT2D eigenvalue weighted by Gasteiger charge is 2.33. The number of ether oxygens (including phenoxy) is 1. The van der Waals surface area contributed by atoms with Crippen molar-refractivity contribution in [1.29, 1.82) is 0 Å². The van der Waals surface area contributed by atoms with Crippen molar-refractivity contribution in [3.05, 3.63) is 57.2 Å². The Hall–Kier alpha value is -2.67. The van der Waals surface area contributed by atoms with Gasteiger partial charge in [-0.25, -0.2) is 13.9 Å². The molecule has 0 N–H and O–H groups in total. The van der Waals surface area contributed by atoms with Crippen LogP contribution in [-0.4, -0.2) is 31.5 Å². The zero-order valence-electron chi connectivity index (χ0n) is 20.1. The largest absolute Gasteiger partial charge is 0.489 e. The molecule has 1 aliphatic heterocycles. The number of fused-ring (bicyclic) bond motifs is 3. The molecule has 0 bridgehead atoms. The number of benzene rings is 1. The van der Waals surface area contributed by atoms with E-state index in [0.717, 1.165) is 47.6 Å². The van der Waals surface area contributed by atoms with Crippen molar-refractivity contribution in [2.75, 3.05) is 0 Å². The zero-order valence-corrected chi connectivity index (χ0v) is 20.8. The van der Waals surface area contributed by atoms with Crippen molar-refractivity contribution in [3.8, 4) is 5.75 Å². The molecule has 180 valence electrons. The molecular formula is C26H30ClFN4O2. The van der Waals surface area contributed by atoms with E-state index in [2.05, 4.69) is 23.9 Å². The average molecular weight is 485 g/mol. The molecule has 3 heterocycles. The van der Waals surface area contributed by atoms with Crippen molar-refractivity contribution in [3.63, 3.8) is 0 Å². The number of nitrogens with zero attached hydrogens (tertiary/aromatic N) is 4. The maximum absolute atomic E-state index is 14.2. The van der Waals surface area contributed by atoms with Gasteiger partial charge in [-0.05, 0) is 57.1 Å². The predicted molar refractivity (Wildman–Crippen MR) is 129 cm³/mol. The maximum atomic E-state index is 14.2. The topological polar surface area (TPSA) is 59.7 Å². The second-order valence-electron chi connectivity index (χ2n) is 9.80. The SMILES string of the molecule is CCC(Oc1cc(F)ccc1C(=O)N1Cc2nn3c(C)c(Cl)c(C)nc3c2C1)C1CCC(C)C1. The van der Waals surface area contributed by atoms with Gasteiger partial charge < -0.3 is 9.64 Å². The van der Waals surface area contributed by atoms with E-state index in [4.69, 9.17) is 16.3 Å². The lowest BCUT2D eigenvalue weighted by Gasteiger charge is -2.26. The van der Waals surface area contributed by atoms with Crippen molar-refractivity contribution >= 4 is 23.2 Å². The first-order valence-electron chi connectivity index (χ1n) is 12.1. The fourth-order valence-electron chi connectivity index (χ4n) is 5.46. The molecule has 1 aromatic carbocycles. The number of hydrogen-bond acceptors (Lipinski definition) is 4. The van der Waals surface area contributed by atoms with Crippen LogP contribution in [-0.2, 0) is 13.1 Å².